The standard InChI is InChI=1S/C19H21NO3/c1-3-23-19(22)15(2)20(14-16-10-6-4-7-11-16)18(21)17-12-8-5-9-13-17/h4-13,15H,3,14H2,1-2H3. The summed E-state index contributed by atoms with van der Waals surface area (Å²) in [4.78, 5) is 26.5. The van der Waals surface area contributed by atoms with Gasteiger partial charge in [-0.1, -0.05) is 48.5 Å². The van der Waals surface area contributed by atoms with Crippen molar-refractivity contribution in [2.45, 2.75) is 26.4 Å². The maximum Gasteiger partial charge on any atom is 0.328 e. The topological polar surface area (TPSA) is 46.6 Å². The van der Waals surface area contributed by atoms with Crippen LogP contribution in [0.1, 0.15) is 29.8 Å². The van der Waals surface area contributed by atoms with E-state index in [0.29, 0.717) is 18.7 Å². The minimum absolute atomic E-state index is 0.185. The monoisotopic (exact) mass is 311 g/mol. The number of benzene rings is 2. The number of esters is 1. The van der Waals surface area contributed by atoms with Crippen molar-refractivity contribution >= 4 is 11.9 Å². The van der Waals surface area contributed by atoms with Crippen LogP contribution in [0.4, 0.5) is 0 Å². The van der Waals surface area contributed by atoms with Crippen molar-refractivity contribution < 1.29 is 14.3 Å². The zero-order valence-corrected chi connectivity index (χ0v) is 13.4. The summed E-state index contributed by atoms with van der Waals surface area (Å²) in [6, 6.07) is 17.9. The number of hydrogen-bond donors (Lipinski definition) is 0. The summed E-state index contributed by atoms with van der Waals surface area (Å²) in [6.07, 6.45) is 0. The van der Waals surface area contributed by atoms with Crippen LogP contribution in [-0.2, 0) is 16.1 Å². The van der Waals surface area contributed by atoms with Crippen molar-refractivity contribution in [3.63, 3.8) is 0 Å². The third-order valence-electron chi connectivity index (χ3n) is 3.57. The lowest BCUT2D eigenvalue weighted by atomic mass is 10.1. The van der Waals surface area contributed by atoms with Crippen LogP contribution >= 0.6 is 0 Å². The summed E-state index contributed by atoms with van der Waals surface area (Å²) in [6.45, 7) is 4.10. The highest BCUT2D eigenvalue weighted by molar-refractivity contribution is 5.96. The first-order valence-electron chi connectivity index (χ1n) is 7.70. The van der Waals surface area contributed by atoms with Crippen molar-refractivity contribution in [3.8, 4) is 0 Å². The summed E-state index contributed by atoms with van der Waals surface area (Å²) in [5.74, 6) is -0.581. The number of rotatable bonds is 6. The van der Waals surface area contributed by atoms with E-state index in [2.05, 4.69) is 0 Å². The van der Waals surface area contributed by atoms with E-state index >= 15 is 0 Å². The van der Waals surface area contributed by atoms with Gasteiger partial charge < -0.3 is 9.64 Å². The van der Waals surface area contributed by atoms with Gasteiger partial charge >= 0.3 is 5.97 Å². The Hall–Kier alpha value is -2.62. The van der Waals surface area contributed by atoms with E-state index in [1.165, 1.54) is 0 Å². The Labute approximate surface area is 136 Å². The van der Waals surface area contributed by atoms with Crippen LogP contribution in [0.15, 0.2) is 60.7 Å². The maximum absolute atomic E-state index is 12.8. The first-order valence-corrected chi connectivity index (χ1v) is 7.70. The van der Waals surface area contributed by atoms with Gasteiger partial charge in [0.05, 0.1) is 6.61 Å². The molecule has 0 heterocycles. The van der Waals surface area contributed by atoms with Gasteiger partial charge in [-0.2, -0.15) is 0 Å². The fourth-order valence-corrected chi connectivity index (χ4v) is 2.30. The van der Waals surface area contributed by atoms with Crippen LogP contribution in [0.3, 0.4) is 0 Å². The Kier molecular flexibility index (Phi) is 5.92. The average Bonchev–Trinajstić information content (AvgIpc) is 2.60. The van der Waals surface area contributed by atoms with E-state index in [-0.39, 0.29) is 5.91 Å². The van der Waals surface area contributed by atoms with Crippen LogP contribution in [0.25, 0.3) is 0 Å². The molecule has 1 atom stereocenters. The lowest BCUT2D eigenvalue weighted by molar-refractivity contribution is -0.148. The lowest BCUT2D eigenvalue weighted by Crippen LogP contribution is -2.43. The zero-order chi connectivity index (χ0) is 16.7. The Morgan fingerprint density at radius 3 is 2.13 bits per heavy atom. The predicted octanol–water partition coefficient (Wildman–Crippen LogP) is 3.28. The normalized spacial score (nSPS) is 11.6. The molecule has 0 aliphatic carbocycles. The minimum atomic E-state index is -0.650. The molecular formula is C19H21NO3. The molecule has 0 fully saturated rings. The molecule has 0 bridgehead atoms. The molecule has 0 saturated carbocycles. The molecule has 2 rings (SSSR count). The van der Waals surface area contributed by atoms with E-state index in [1.54, 1.807) is 30.9 Å². The Bertz CT molecular complexity index is 640. The molecule has 2 aromatic rings. The van der Waals surface area contributed by atoms with Crippen LogP contribution < -0.4 is 0 Å². The Morgan fingerprint density at radius 1 is 1.00 bits per heavy atom. The lowest BCUT2D eigenvalue weighted by Gasteiger charge is -2.28. The molecular weight excluding hydrogens is 290 g/mol. The molecule has 2 aromatic carbocycles. The number of carbonyl (C=O) groups is 2. The van der Waals surface area contributed by atoms with E-state index in [0.717, 1.165) is 5.56 Å². The number of nitrogens with zero attached hydrogens (tertiary/aromatic N) is 1. The summed E-state index contributed by atoms with van der Waals surface area (Å²) in [7, 11) is 0. The summed E-state index contributed by atoms with van der Waals surface area (Å²) < 4.78 is 5.08. The van der Waals surface area contributed by atoms with Gasteiger partial charge in [0.15, 0.2) is 0 Å². The second-order valence-electron chi connectivity index (χ2n) is 5.21. The third-order valence-corrected chi connectivity index (χ3v) is 3.57. The van der Waals surface area contributed by atoms with Gasteiger partial charge in [-0.05, 0) is 31.5 Å². The second kappa shape index (κ2) is 8.13. The van der Waals surface area contributed by atoms with E-state index in [9.17, 15) is 9.59 Å². The molecule has 0 aromatic heterocycles. The molecule has 120 valence electrons. The average molecular weight is 311 g/mol. The van der Waals surface area contributed by atoms with Crippen LogP contribution in [0.5, 0.6) is 0 Å². The molecule has 0 radical (unpaired) electrons. The fourth-order valence-electron chi connectivity index (χ4n) is 2.30. The largest absolute Gasteiger partial charge is 0.464 e. The van der Waals surface area contributed by atoms with Gasteiger partial charge in [0, 0.05) is 12.1 Å². The first-order chi connectivity index (χ1) is 11.1. The summed E-state index contributed by atoms with van der Waals surface area (Å²) in [5.41, 5.74) is 1.52. The fraction of sp³-hybridized carbons (Fsp3) is 0.263. The van der Waals surface area contributed by atoms with Gasteiger partial charge in [-0.15, -0.1) is 0 Å². The SMILES string of the molecule is CCOC(=O)C(C)N(Cc1ccccc1)C(=O)c1ccccc1. The number of ether oxygens (including phenoxy) is 1. The van der Waals surface area contributed by atoms with E-state index in [4.69, 9.17) is 4.74 Å². The molecule has 0 saturated heterocycles. The quantitative estimate of drug-likeness (QED) is 0.769. The highest BCUT2D eigenvalue weighted by Gasteiger charge is 2.27. The van der Waals surface area contributed by atoms with Gasteiger partial charge in [0.2, 0.25) is 0 Å². The van der Waals surface area contributed by atoms with Gasteiger partial charge in [0.25, 0.3) is 5.91 Å². The van der Waals surface area contributed by atoms with Crippen LogP contribution in [0.2, 0.25) is 0 Å². The van der Waals surface area contributed by atoms with Gasteiger partial charge in [0.1, 0.15) is 6.04 Å². The zero-order valence-electron chi connectivity index (χ0n) is 13.4. The molecule has 0 aliphatic heterocycles. The number of hydrogen-bond acceptors (Lipinski definition) is 3. The van der Waals surface area contributed by atoms with Crippen LogP contribution in [0, 0.1) is 0 Å². The third kappa shape index (κ3) is 4.42. The molecule has 23 heavy (non-hydrogen) atoms. The Morgan fingerprint density at radius 2 is 1.57 bits per heavy atom. The first kappa shape index (κ1) is 16.7. The number of carbonyl (C=O) groups excluding carboxylic acids is 2. The van der Waals surface area contributed by atoms with Crippen molar-refractivity contribution in [1.82, 2.24) is 4.90 Å². The Balaban J connectivity index is 2.27. The van der Waals surface area contributed by atoms with Crippen LogP contribution in [-0.4, -0.2) is 29.4 Å². The predicted molar refractivity (Wildman–Crippen MR) is 88.9 cm³/mol. The van der Waals surface area contributed by atoms with Gasteiger partial charge in [-0.3, -0.25) is 4.79 Å². The number of amides is 1. The smallest absolute Gasteiger partial charge is 0.328 e. The van der Waals surface area contributed by atoms with Gasteiger partial charge in [-0.25, -0.2) is 4.79 Å². The maximum atomic E-state index is 12.8. The summed E-state index contributed by atoms with van der Waals surface area (Å²) in [5, 5.41) is 0. The van der Waals surface area contributed by atoms with Crippen molar-refractivity contribution in [1.29, 1.82) is 0 Å². The van der Waals surface area contributed by atoms with E-state index in [1.807, 2.05) is 48.5 Å². The molecule has 4 nitrogen and oxygen atoms in total. The second-order valence-corrected chi connectivity index (χ2v) is 5.21. The molecule has 0 N–H and O–H groups in total. The highest BCUT2D eigenvalue weighted by atomic mass is 16.5. The van der Waals surface area contributed by atoms with E-state index < -0.39 is 12.0 Å². The van der Waals surface area contributed by atoms with Crippen molar-refractivity contribution in [2.24, 2.45) is 0 Å². The molecule has 1 amide bonds. The molecule has 4 heteroatoms. The molecule has 1 unspecified atom stereocenters. The van der Waals surface area contributed by atoms with Crippen molar-refractivity contribution in [2.75, 3.05) is 6.61 Å². The minimum Gasteiger partial charge on any atom is -0.464 e. The van der Waals surface area contributed by atoms with Crippen molar-refractivity contribution in [3.05, 3.63) is 71.8 Å². The summed E-state index contributed by atoms with van der Waals surface area (Å²) >= 11 is 0. The molecule has 0 aliphatic rings. The highest BCUT2D eigenvalue weighted by Crippen LogP contribution is 2.14. The molecule has 0 spiro atoms.